The lowest BCUT2D eigenvalue weighted by atomic mass is 10.1. The summed E-state index contributed by atoms with van der Waals surface area (Å²) in [5, 5.41) is 5.81. The van der Waals surface area contributed by atoms with Crippen molar-refractivity contribution in [1.29, 1.82) is 0 Å². The van der Waals surface area contributed by atoms with Gasteiger partial charge in [-0.25, -0.2) is 11.0 Å². The third-order valence-corrected chi connectivity index (χ3v) is 4.00. The quantitative estimate of drug-likeness (QED) is 0.753. The summed E-state index contributed by atoms with van der Waals surface area (Å²) >= 11 is 0. The molecule has 0 radical (unpaired) electrons. The van der Waals surface area contributed by atoms with Gasteiger partial charge in [0.25, 0.3) is 5.91 Å². The molecule has 0 aromatic carbocycles. The number of halogens is 1. The van der Waals surface area contributed by atoms with E-state index in [4.69, 9.17) is 6.57 Å². The Balaban J connectivity index is 1.82. The number of pyridine rings is 1. The minimum atomic E-state index is -1.14. The van der Waals surface area contributed by atoms with Gasteiger partial charge in [0.2, 0.25) is 5.91 Å². The van der Waals surface area contributed by atoms with Crippen LogP contribution < -0.4 is 10.6 Å². The third-order valence-electron chi connectivity index (χ3n) is 4.00. The van der Waals surface area contributed by atoms with Crippen LogP contribution in [0.3, 0.4) is 0 Å². The zero-order valence-corrected chi connectivity index (χ0v) is 14.3. The summed E-state index contributed by atoms with van der Waals surface area (Å²) in [5.41, 5.74) is -0.233. The first-order chi connectivity index (χ1) is 11.8. The Kier molecular flexibility index (Phi) is 6.04. The van der Waals surface area contributed by atoms with E-state index in [9.17, 15) is 14.0 Å². The second-order valence-corrected chi connectivity index (χ2v) is 6.62. The van der Waals surface area contributed by atoms with E-state index in [1.54, 1.807) is 24.4 Å². The van der Waals surface area contributed by atoms with Crippen molar-refractivity contribution in [3.63, 3.8) is 0 Å². The van der Waals surface area contributed by atoms with Gasteiger partial charge in [0, 0.05) is 18.3 Å². The van der Waals surface area contributed by atoms with Gasteiger partial charge in [0.1, 0.15) is 11.9 Å². The van der Waals surface area contributed by atoms with E-state index in [1.807, 2.05) is 13.8 Å². The molecule has 1 aromatic heterocycles. The first-order valence-corrected chi connectivity index (χ1v) is 8.07. The lowest BCUT2D eigenvalue weighted by Gasteiger charge is -2.27. The van der Waals surface area contributed by atoms with Gasteiger partial charge >= 0.3 is 6.17 Å². The average molecular weight is 347 g/mol. The standard InChI is InChI=1S/C17H22FN5O2/c1-17(2,11-21-16(25)13-6-4-5-7-20-13)22-9-15(24)23-10-12(18)8-14(23)19-3/h4-7,12,14,22H,8-11H2,1-2H3,(H,21,25)/t12-,14-/m0/s1. The van der Waals surface area contributed by atoms with Gasteiger partial charge in [-0.05, 0) is 26.0 Å². The van der Waals surface area contributed by atoms with E-state index in [2.05, 4.69) is 20.5 Å². The number of carbonyl (C=O) groups excluding carboxylic acids is 2. The molecule has 1 fully saturated rings. The highest BCUT2D eigenvalue weighted by molar-refractivity contribution is 5.92. The van der Waals surface area contributed by atoms with Crippen molar-refractivity contribution in [3.8, 4) is 0 Å². The first-order valence-electron chi connectivity index (χ1n) is 8.07. The van der Waals surface area contributed by atoms with Crippen LogP contribution >= 0.6 is 0 Å². The number of likely N-dealkylation sites (tertiary alicyclic amines) is 1. The smallest absolute Gasteiger partial charge is 0.303 e. The van der Waals surface area contributed by atoms with Crippen LogP contribution in [0.2, 0.25) is 0 Å². The number of nitrogens with one attached hydrogen (secondary N) is 2. The molecule has 0 saturated carbocycles. The summed E-state index contributed by atoms with van der Waals surface area (Å²) < 4.78 is 13.4. The van der Waals surface area contributed by atoms with Gasteiger partial charge in [-0.15, -0.1) is 0 Å². The summed E-state index contributed by atoms with van der Waals surface area (Å²) in [5.74, 6) is -0.611. The number of nitrogens with zero attached hydrogens (tertiary/aromatic N) is 3. The van der Waals surface area contributed by atoms with Crippen molar-refractivity contribution < 1.29 is 14.0 Å². The second-order valence-electron chi connectivity index (χ2n) is 6.62. The highest BCUT2D eigenvalue weighted by Gasteiger charge is 2.39. The van der Waals surface area contributed by atoms with Crippen molar-refractivity contribution in [2.45, 2.75) is 38.1 Å². The van der Waals surface area contributed by atoms with Crippen molar-refractivity contribution in [2.24, 2.45) is 0 Å². The Morgan fingerprint density at radius 1 is 1.48 bits per heavy atom. The van der Waals surface area contributed by atoms with Gasteiger partial charge < -0.3 is 10.6 Å². The van der Waals surface area contributed by atoms with E-state index in [0.717, 1.165) is 0 Å². The highest BCUT2D eigenvalue weighted by Crippen LogP contribution is 2.21. The van der Waals surface area contributed by atoms with Crippen LogP contribution in [0, 0.1) is 6.57 Å². The van der Waals surface area contributed by atoms with E-state index in [-0.39, 0.29) is 37.9 Å². The molecular weight excluding hydrogens is 325 g/mol. The van der Waals surface area contributed by atoms with Crippen LogP contribution in [0.4, 0.5) is 4.39 Å². The normalized spacial score (nSPS) is 20.2. The maximum absolute atomic E-state index is 13.4. The summed E-state index contributed by atoms with van der Waals surface area (Å²) in [6, 6.07) is 5.07. The van der Waals surface area contributed by atoms with Crippen LogP contribution in [0.1, 0.15) is 30.8 Å². The van der Waals surface area contributed by atoms with E-state index < -0.39 is 17.9 Å². The maximum Gasteiger partial charge on any atom is 0.303 e. The predicted molar refractivity (Wildman–Crippen MR) is 90.3 cm³/mol. The molecule has 0 unspecified atom stereocenters. The summed E-state index contributed by atoms with van der Waals surface area (Å²) in [4.78, 5) is 32.8. The fraction of sp³-hybridized carbons (Fsp3) is 0.529. The molecule has 0 spiro atoms. The molecule has 2 rings (SSSR count). The Labute approximate surface area is 146 Å². The molecule has 7 nitrogen and oxygen atoms in total. The predicted octanol–water partition coefficient (Wildman–Crippen LogP) is 0.995. The summed E-state index contributed by atoms with van der Waals surface area (Å²) in [7, 11) is 0. The summed E-state index contributed by atoms with van der Waals surface area (Å²) in [6.07, 6.45) is -0.262. The molecule has 0 bridgehead atoms. The van der Waals surface area contributed by atoms with E-state index in [1.165, 1.54) is 4.90 Å². The fourth-order valence-electron chi connectivity index (χ4n) is 2.52. The van der Waals surface area contributed by atoms with Crippen LogP contribution in [-0.2, 0) is 4.79 Å². The largest absolute Gasteiger partial charge is 0.349 e. The molecule has 134 valence electrons. The number of aromatic nitrogens is 1. The number of hydrogen-bond donors (Lipinski definition) is 2. The van der Waals surface area contributed by atoms with Gasteiger partial charge in [0.15, 0.2) is 0 Å². The number of rotatable bonds is 6. The van der Waals surface area contributed by atoms with Crippen LogP contribution in [0.25, 0.3) is 4.85 Å². The molecule has 8 heteroatoms. The Hall–Kier alpha value is -2.53. The second kappa shape index (κ2) is 8.03. The van der Waals surface area contributed by atoms with Gasteiger partial charge in [0.05, 0.1) is 19.5 Å². The Morgan fingerprint density at radius 3 is 2.88 bits per heavy atom. The highest BCUT2D eigenvalue weighted by atomic mass is 19.1. The zero-order chi connectivity index (χ0) is 18.4. The van der Waals surface area contributed by atoms with Crippen LogP contribution in [0.15, 0.2) is 24.4 Å². The molecule has 2 amide bonds. The average Bonchev–Trinajstić information content (AvgIpc) is 2.99. The topological polar surface area (TPSA) is 78.7 Å². The molecule has 1 aliphatic rings. The first kappa shape index (κ1) is 18.8. The minimum absolute atomic E-state index is 0.0226. The monoisotopic (exact) mass is 347 g/mol. The number of hydrogen-bond acceptors (Lipinski definition) is 4. The van der Waals surface area contributed by atoms with Gasteiger partial charge in [-0.1, -0.05) is 6.07 Å². The lowest BCUT2D eigenvalue weighted by molar-refractivity contribution is -0.130. The third kappa shape index (κ3) is 5.22. The Bertz CT molecular complexity index is 659. The molecule has 2 heterocycles. The van der Waals surface area contributed by atoms with Crippen molar-refractivity contribution in [2.75, 3.05) is 19.6 Å². The fourth-order valence-corrected chi connectivity index (χ4v) is 2.52. The number of amides is 2. The van der Waals surface area contributed by atoms with E-state index >= 15 is 0 Å². The molecule has 1 aliphatic heterocycles. The van der Waals surface area contributed by atoms with E-state index in [0.29, 0.717) is 5.69 Å². The van der Waals surface area contributed by atoms with Gasteiger partial charge in [-0.2, -0.15) is 0 Å². The molecule has 0 aliphatic carbocycles. The van der Waals surface area contributed by atoms with Gasteiger partial charge in [-0.3, -0.25) is 24.3 Å². The number of alkyl halides is 1. The maximum atomic E-state index is 13.4. The van der Waals surface area contributed by atoms with Crippen LogP contribution in [0.5, 0.6) is 0 Å². The SMILES string of the molecule is [C-]#[N+][C@@H]1C[C@H](F)CN1C(=O)CNC(C)(C)CNC(=O)c1ccccn1. The lowest BCUT2D eigenvalue weighted by Crippen LogP contribution is -2.52. The Morgan fingerprint density at radius 2 is 2.24 bits per heavy atom. The molecule has 1 aromatic rings. The van der Waals surface area contributed by atoms with Crippen molar-refractivity contribution in [3.05, 3.63) is 41.5 Å². The zero-order valence-electron chi connectivity index (χ0n) is 14.3. The molecular formula is C17H22FN5O2. The molecule has 2 N–H and O–H groups in total. The van der Waals surface area contributed by atoms with Crippen molar-refractivity contribution >= 4 is 11.8 Å². The molecule has 25 heavy (non-hydrogen) atoms. The van der Waals surface area contributed by atoms with Crippen molar-refractivity contribution in [1.82, 2.24) is 20.5 Å². The number of carbonyl (C=O) groups is 2. The molecule has 2 atom stereocenters. The molecule has 1 saturated heterocycles. The minimum Gasteiger partial charge on any atom is -0.349 e. The summed E-state index contributed by atoms with van der Waals surface area (Å²) in [6.45, 7) is 11.0. The van der Waals surface area contributed by atoms with Crippen LogP contribution in [-0.4, -0.2) is 59.2 Å².